The third-order valence-electron chi connectivity index (χ3n) is 2.11. The number of rotatable bonds is 1. The number of benzene rings is 2. The van der Waals surface area contributed by atoms with Crippen LogP contribution in [0.15, 0.2) is 51.4 Å². The topological polar surface area (TPSA) is 0 Å². The molecule has 76 valence electrons. The highest BCUT2D eigenvalue weighted by Crippen LogP contribution is 2.36. The molecule has 0 saturated carbocycles. The minimum absolute atomic E-state index is 1.12. The van der Waals surface area contributed by atoms with Gasteiger partial charge in [0, 0.05) is 18.1 Å². The molecule has 15 heavy (non-hydrogen) atoms. The lowest BCUT2D eigenvalue weighted by atomic mass is 10.1. The molecule has 0 aromatic heterocycles. The van der Waals surface area contributed by atoms with Crippen LogP contribution in [0.5, 0.6) is 0 Å². The van der Waals surface area contributed by atoms with Crippen LogP contribution < -0.4 is 0 Å². The smallest absolute Gasteiger partial charge is 0.0264 e. The van der Waals surface area contributed by atoms with Crippen LogP contribution in [0.25, 0.3) is 11.1 Å². The van der Waals surface area contributed by atoms with Crippen molar-refractivity contribution in [3.05, 3.63) is 55.0 Å². The second-order valence-electron chi connectivity index (χ2n) is 3.08. The highest BCUT2D eigenvalue weighted by molar-refractivity contribution is 14.1. The van der Waals surface area contributed by atoms with Crippen molar-refractivity contribution in [1.82, 2.24) is 0 Å². The first kappa shape index (κ1) is 11.6. The SMILES string of the molecule is Brc1ccccc1-c1c(Br)cccc1I. The lowest BCUT2D eigenvalue weighted by Gasteiger charge is -2.09. The van der Waals surface area contributed by atoms with Crippen molar-refractivity contribution in [1.29, 1.82) is 0 Å². The van der Waals surface area contributed by atoms with E-state index in [9.17, 15) is 0 Å². The Morgan fingerprint density at radius 2 is 1.47 bits per heavy atom. The fourth-order valence-electron chi connectivity index (χ4n) is 1.42. The second kappa shape index (κ2) is 4.97. The van der Waals surface area contributed by atoms with E-state index in [1.54, 1.807) is 0 Å². The molecule has 0 spiro atoms. The van der Waals surface area contributed by atoms with Crippen molar-refractivity contribution in [3.8, 4) is 11.1 Å². The molecule has 0 nitrogen and oxygen atoms in total. The zero-order chi connectivity index (χ0) is 10.8. The number of hydrogen-bond donors (Lipinski definition) is 0. The summed E-state index contributed by atoms with van der Waals surface area (Å²) in [5.74, 6) is 0. The Morgan fingerprint density at radius 3 is 2.13 bits per heavy atom. The summed E-state index contributed by atoms with van der Waals surface area (Å²) in [5, 5.41) is 0. The predicted molar refractivity (Wildman–Crippen MR) is 80.0 cm³/mol. The molecule has 0 saturated heterocycles. The summed E-state index contributed by atoms with van der Waals surface area (Å²) in [7, 11) is 0. The maximum atomic E-state index is 3.59. The van der Waals surface area contributed by atoms with Crippen molar-refractivity contribution < 1.29 is 0 Å². The van der Waals surface area contributed by atoms with Gasteiger partial charge in [-0.2, -0.15) is 0 Å². The zero-order valence-corrected chi connectivity index (χ0v) is 13.0. The molecular weight excluding hydrogens is 431 g/mol. The normalized spacial score (nSPS) is 10.3. The van der Waals surface area contributed by atoms with E-state index in [-0.39, 0.29) is 0 Å². The summed E-state index contributed by atoms with van der Waals surface area (Å²) in [4.78, 5) is 0. The lowest BCUT2D eigenvalue weighted by Crippen LogP contribution is -1.85. The van der Waals surface area contributed by atoms with Gasteiger partial charge in [-0.1, -0.05) is 56.1 Å². The average Bonchev–Trinajstić information content (AvgIpc) is 2.20. The average molecular weight is 438 g/mol. The Morgan fingerprint density at radius 1 is 0.800 bits per heavy atom. The van der Waals surface area contributed by atoms with Gasteiger partial charge in [0.15, 0.2) is 0 Å². The van der Waals surface area contributed by atoms with Gasteiger partial charge < -0.3 is 0 Å². The van der Waals surface area contributed by atoms with Crippen LogP contribution in [0.4, 0.5) is 0 Å². The minimum atomic E-state index is 1.12. The molecule has 0 amide bonds. The Hall–Kier alpha value is 0.130. The first-order chi connectivity index (χ1) is 7.20. The van der Waals surface area contributed by atoms with Crippen molar-refractivity contribution in [2.24, 2.45) is 0 Å². The number of halogens is 3. The molecule has 0 bridgehead atoms. The van der Waals surface area contributed by atoms with E-state index in [2.05, 4.69) is 84.8 Å². The predicted octanol–water partition coefficient (Wildman–Crippen LogP) is 5.48. The van der Waals surface area contributed by atoms with Crippen LogP contribution >= 0.6 is 54.5 Å². The van der Waals surface area contributed by atoms with E-state index < -0.39 is 0 Å². The summed E-state index contributed by atoms with van der Waals surface area (Å²) < 4.78 is 3.49. The second-order valence-corrected chi connectivity index (χ2v) is 5.95. The van der Waals surface area contributed by atoms with E-state index >= 15 is 0 Å². The third-order valence-corrected chi connectivity index (χ3v) is 4.36. The maximum Gasteiger partial charge on any atom is 0.0264 e. The summed E-state index contributed by atoms with van der Waals surface area (Å²) in [6, 6.07) is 14.5. The van der Waals surface area contributed by atoms with Crippen molar-refractivity contribution in [2.75, 3.05) is 0 Å². The first-order valence-corrected chi connectivity index (χ1v) is 7.05. The summed E-state index contributed by atoms with van der Waals surface area (Å²) in [5.41, 5.74) is 2.46. The minimum Gasteiger partial charge on any atom is -0.0616 e. The van der Waals surface area contributed by atoms with Gasteiger partial charge in [0.2, 0.25) is 0 Å². The van der Waals surface area contributed by atoms with E-state index in [1.165, 1.54) is 14.7 Å². The van der Waals surface area contributed by atoms with Gasteiger partial charge in [-0.15, -0.1) is 0 Å². The molecule has 0 fully saturated rings. The Bertz CT molecular complexity index is 474. The third kappa shape index (κ3) is 2.45. The van der Waals surface area contributed by atoms with E-state index in [4.69, 9.17) is 0 Å². The van der Waals surface area contributed by atoms with Gasteiger partial charge >= 0.3 is 0 Å². The molecule has 3 heteroatoms. The molecule has 2 rings (SSSR count). The molecule has 2 aromatic carbocycles. The van der Waals surface area contributed by atoms with Gasteiger partial charge in [0.1, 0.15) is 0 Å². The molecule has 0 aliphatic heterocycles. The Kier molecular flexibility index (Phi) is 3.85. The molecule has 0 atom stereocenters. The van der Waals surface area contributed by atoms with Gasteiger partial charge in [-0.05, 0) is 46.4 Å². The summed E-state index contributed by atoms with van der Waals surface area (Å²) in [6.07, 6.45) is 0. The molecule has 0 heterocycles. The summed E-state index contributed by atoms with van der Waals surface area (Å²) >= 11 is 9.52. The fourth-order valence-corrected chi connectivity index (χ4v) is 3.64. The fraction of sp³-hybridized carbons (Fsp3) is 0. The van der Waals surface area contributed by atoms with Crippen LogP contribution in [0, 0.1) is 3.57 Å². The molecular formula is C12H7Br2I. The lowest BCUT2D eigenvalue weighted by molar-refractivity contribution is 1.53. The summed E-state index contributed by atoms with van der Waals surface area (Å²) in [6.45, 7) is 0. The molecule has 2 aromatic rings. The van der Waals surface area contributed by atoms with Gasteiger partial charge in [-0.3, -0.25) is 0 Å². The molecule has 0 radical (unpaired) electrons. The Balaban J connectivity index is 2.69. The monoisotopic (exact) mass is 436 g/mol. The molecule has 0 N–H and O–H groups in total. The van der Waals surface area contributed by atoms with Crippen LogP contribution in [-0.2, 0) is 0 Å². The van der Waals surface area contributed by atoms with Gasteiger partial charge in [0.05, 0.1) is 0 Å². The first-order valence-electron chi connectivity index (χ1n) is 4.39. The molecule has 0 unspecified atom stereocenters. The standard InChI is InChI=1S/C12H7Br2I/c13-9-5-2-1-4-8(9)12-10(14)6-3-7-11(12)15/h1-7H. The van der Waals surface area contributed by atoms with E-state index in [1.807, 2.05) is 12.1 Å². The highest BCUT2D eigenvalue weighted by atomic mass is 127. The van der Waals surface area contributed by atoms with Crippen molar-refractivity contribution in [2.45, 2.75) is 0 Å². The van der Waals surface area contributed by atoms with Crippen LogP contribution in [-0.4, -0.2) is 0 Å². The zero-order valence-electron chi connectivity index (χ0n) is 7.68. The van der Waals surface area contributed by atoms with Gasteiger partial charge in [0.25, 0.3) is 0 Å². The maximum absolute atomic E-state index is 3.59. The van der Waals surface area contributed by atoms with E-state index in [0.29, 0.717) is 0 Å². The van der Waals surface area contributed by atoms with Gasteiger partial charge in [-0.25, -0.2) is 0 Å². The van der Waals surface area contributed by atoms with Crippen molar-refractivity contribution in [3.63, 3.8) is 0 Å². The quantitative estimate of drug-likeness (QED) is 0.518. The number of hydrogen-bond acceptors (Lipinski definition) is 0. The van der Waals surface area contributed by atoms with Crippen LogP contribution in [0.1, 0.15) is 0 Å². The van der Waals surface area contributed by atoms with Crippen LogP contribution in [0.2, 0.25) is 0 Å². The molecule has 0 aliphatic rings. The Labute approximate surface area is 119 Å². The largest absolute Gasteiger partial charge is 0.0616 e. The molecule has 0 aliphatic carbocycles. The van der Waals surface area contributed by atoms with Crippen LogP contribution in [0.3, 0.4) is 0 Å². The highest BCUT2D eigenvalue weighted by Gasteiger charge is 2.09. The van der Waals surface area contributed by atoms with E-state index in [0.717, 1.165) is 8.95 Å². The van der Waals surface area contributed by atoms with Crippen molar-refractivity contribution >= 4 is 54.5 Å².